The highest BCUT2D eigenvalue weighted by molar-refractivity contribution is 7.99. The maximum atomic E-state index is 12.7. The summed E-state index contributed by atoms with van der Waals surface area (Å²) in [4.78, 5) is 15.0. The minimum atomic E-state index is -0.166. The molecule has 10 heteroatoms. The zero-order valence-corrected chi connectivity index (χ0v) is 20.6. The number of nitrogens with zero attached hydrogens (tertiary/aromatic N) is 4. The summed E-state index contributed by atoms with van der Waals surface area (Å²) >= 11 is 7.51. The van der Waals surface area contributed by atoms with Crippen molar-refractivity contribution >= 4 is 40.9 Å². The van der Waals surface area contributed by atoms with Gasteiger partial charge in [0.15, 0.2) is 5.16 Å². The highest BCUT2D eigenvalue weighted by atomic mass is 35.5. The molecule has 3 heterocycles. The highest BCUT2D eigenvalue weighted by Gasteiger charge is 2.24. The quantitative estimate of drug-likeness (QED) is 0.452. The van der Waals surface area contributed by atoms with E-state index in [4.69, 9.17) is 20.8 Å². The average Bonchev–Trinajstić information content (AvgIpc) is 3.45. The average molecular weight is 490 g/mol. The zero-order chi connectivity index (χ0) is 23.4. The van der Waals surface area contributed by atoms with Gasteiger partial charge < -0.3 is 19.4 Å². The highest BCUT2D eigenvalue weighted by Crippen LogP contribution is 2.32. The number of amides is 1. The normalized spacial score (nSPS) is 16.1. The molecule has 1 atom stereocenters. The first-order valence-electron chi connectivity index (χ1n) is 10.9. The number of carbonyl (C=O) groups is 1. The SMILES string of the molecule is COc1cc(Cl)c(C)cc1NC(=O)CSc1nnc(N2CCCC(C)C2)n1Cc1ccco1. The van der Waals surface area contributed by atoms with Crippen LogP contribution in [0.3, 0.4) is 0 Å². The number of furan rings is 1. The summed E-state index contributed by atoms with van der Waals surface area (Å²) in [6.07, 6.45) is 4.00. The Morgan fingerprint density at radius 3 is 2.97 bits per heavy atom. The third-order valence-electron chi connectivity index (χ3n) is 5.62. The van der Waals surface area contributed by atoms with Crippen molar-refractivity contribution in [3.8, 4) is 5.75 Å². The first-order chi connectivity index (χ1) is 15.9. The smallest absolute Gasteiger partial charge is 0.234 e. The van der Waals surface area contributed by atoms with Crippen molar-refractivity contribution in [3.63, 3.8) is 0 Å². The van der Waals surface area contributed by atoms with Crippen molar-refractivity contribution in [1.82, 2.24) is 14.8 Å². The van der Waals surface area contributed by atoms with Gasteiger partial charge in [0.1, 0.15) is 11.5 Å². The van der Waals surface area contributed by atoms with E-state index in [1.165, 1.54) is 18.2 Å². The lowest BCUT2D eigenvalue weighted by Crippen LogP contribution is -2.36. The van der Waals surface area contributed by atoms with Gasteiger partial charge in [-0.2, -0.15) is 0 Å². The van der Waals surface area contributed by atoms with E-state index in [9.17, 15) is 4.79 Å². The lowest BCUT2D eigenvalue weighted by atomic mass is 10.0. The summed E-state index contributed by atoms with van der Waals surface area (Å²) in [5.74, 6) is 2.77. The number of hydrogen-bond acceptors (Lipinski definition) is 7. The van der Waals surface area contributed by atoms with Gasteiger partial charge in [0.25, 0.3) is 0 Å². The van der Waals surface area contributed by atoms with Crippen LogP contribution in [0.25, 0.3) is 0 Å². The van der Waals surface area contributed by atoms with Gasteiger partial charge in [0, 0.05) is 24.2 Å². The molecule has 4 rings (SSSR count). The molecule has 1 fully saturated rings. The Labute approximate surface area is 202 Å². The van der Waals surface area contributed by atoms with Crippen LogP contribution in [0.4, 0.5) is 11.6 Å². The number of hydrogen-bond donors (Lipinski definition) is 1. The minimum absolute atomic E-state index is 0.166. The maximum absolute atomic E-state index is 12.7. The number of aromatic nitrogens is 3. The molecule has 1 aromatic carbocycles. The summed E-state index contributed by atoms with van der Waals surface area (Å²) in [6.45, 7) is 6.53. The number of anilines is 2. The van der Waals surface area contributed by atoms with Crippen molar-refractivity contribution < 1.29 is 13.9 Å². The van der Waals surface area contributed by atoms with Gasteiger partial charge in [-0.3, -0.25) is 9.36 Å². The molecule has 0 radical (unpaired) electrons. The van der Waals surface area contributed by atoms with Crippen molar-refractivity contribution in [1.29, 1.82) is 0 Å². The van der Waals surface area contributed by atoms with Crippen LogP contribution in [0.5, 0.6) is 5.75 Å². The fourth-order valence-electron chi connectivity index (χ4n) is 3.94. The lowest BCUT2D eigenvalue weighted by Gasteiger charge is -2.31. The van der Waals surface area contributed by atoms with Gasteiger partial charge in [-0.05, 0) is 49.4 Å². The molecule has 0 bridgehead atoms. The van der Waals surface area contributed by atoms with Gasteiger partial charge in [0.2, 0.25) is 11.9 Å². The molecule has 0 spiro atoms. The summed E-state index contributed by atoms with van der Waals surface area (Å²) in [5, 5.41) is 13.1. The summed E-state index contributed by atoms with van der Waals surface area (Å²) in [5.41, 5.74) is 1.45. The molecule has 1 unspecified atom stereocenters. The van der Waals surface area contributed by atoms with E-state index in [1.807, 2.05) is 23.6 Å². The van der Waals surface area contributed by atoms with Crippen LogP contribution in [0.15, 0.2) is 40.1 Å². The van der Waals surface area contributed by atoms with Crippen LogP contribution in [0, 0.1) is 12.8 Å². The molecule has 8 nitrogen and oxygen atoms in total. The molecule has 1 aliphatic rings. The van der Waals surface area contributed by atoms with E-state index >= 15 is 0 Å². The first kappa shape index (κ1) is 23.5. The molecular weight excluding hydrogens is 462 g/mol. The van der Waals surface area contributed by atoms with Gasteiger partial charge in [-0.1, -0.05) is 30.3 Å². The monoisotopic (exact) mass is 489 g/mol. The predicted octanol–water partition coefficient (Wildman–Crippen LogP) is 4.86. The van der Waals surface area contributed by atoms with E-state index in [1.54, 1.807) is 25.5 Å². The van der Waals surface area contributed by atoms with Gasteiger partial charge >= 0.3 is 0 Å². The first-order valence-corrected chi connectivity index (χ1v) is 12.3. The van der Waals surface area contributed by atoms with Crippen LogP contribution in [-0.4, -0.2) is 46.6 Å². The molecule has 0 aliphatic carbocycles. The number of methoxy groups -OCH3 is 1. The zero-order valence-electron chi connectivity index (χ0n) is 19.0. The Morgan fingerprint density at radius 2 is 2.24 bits per heavy atom. The van der Waals surface area contributed by atoms with E-state index in [0.29, 0.717) is 34.1 Å². The number of halogens is 1. The second kappa shape index (κ2) is 10.5. The second-order valence-corrected chi connectivity index (χ2v) is 9.63. The standard InChI is InChI=1S/C23H28ClN5O3S/c1-15-6-4-8-28(12-15)22-26-27-23(29(22)13-17-7-5-9-32-17)33-14-21(30)25-19-10-16(2)18(24)11-20(19)31-3/h5,7,9-11,15H,4,6,8,12-14H2,1-3H3,(H,25,30). The molecule has 1 aliphatic heterocycles. The van der Waals surface area contributed by atoms with E-state index in [2.05, 4.69) is 27.3 Å². The minimum Gasteiger partial charge on any atom is -0.495 e. The fourth-order valence-corrected chi connectivity index (χ4v) is 4.82. The molecule has 3 aromatic rings. The van der Waals surface area contributed by atoms with Gasteiger partial charge in [-0.15, -0.1) is 10.2 Å². The Kier molecular flexibility index (Phi) is 7.49. The second-order valence-electron chi connectivity index (χ2n) is 8.28. The fraction of sp³-hybridized carbons (Fsp3) is 0.435. The van der Waals surface area contributed by atoms with Gasteiger partial charge in [0.05, 0.1) is 31.4 Å². The van der Waals surface area contributed by atoms with Crippen molar-refractivity contribution in [3.05, 3.63) is 46.9 Å². The Bertz CT molecular complexity index is 1100. The summed E-state index contributed by atoms with van der Waals surface area (Å²) in [7, 11) is 1.55. The van der Waals surface area contributed by atoms with Crippen molar-refractivity contribution in [2.75, 3.05) is 36.2 Å². The topological polar surface area (TPSA) is 85.4 Å². The van der Waals surface area contributed by atoms with E-state index in [0.717, 1.165) is 36.8 Å². The third-order valence-corrected chi connectivity index (χ3v) is 6.99. The van der Waals surface area contributed by atoms with Crippen molar-refractivity contribution in [2.45, 2.75) is 38.4 Å². The van der Waals surface area contributed by atoms with Gasteiger partial charge in [-0.25, -0.2) is 0 Å². The Hall–Kier alpha value is -2.65. The van der Waals surface area contributed by atoms with Crippen LogP contribution in [0.1, 0.15) is 31.1 Å². The largest absolute Gasteiger partial charge is 0.495 e. The van der Waals surface area contributed by atoms with Crippen LogP contribution >= 0.6 is 23.4 Å². The van der Waals surface area contributed by atoms with E-state index in [-0.39, 0.29) is 11.7 Å². The lowest BCUT2D eigenvalue weighted by molar-refractivity contribution is -0.113. The number of nitrogens with one attached hydrogen (secondary N) is 1. The number of benzene rings is 1. The number of carbonyl (C=O) groups excluding carboxylic acids is 1. The Balaban J connectivity index is 1.49. The summed E-state index contributed by atoms with van der Waals surface area (Å²) in [6, 6.07) is 7.30. The van der Waals surface area contributed by atoms with Crippen LogP contribution in [-0.2, 0) is 11.3 Å². The molecule has 1 N–H and O–H groups in total. The molecule has 176 valence electrons. The van der Waals surface area contributed by atoms with Crippen molar-refractivity contribution in [2.24, 2.45) is 5.92 Å². The number of thioether (sulfide) groups is 1. The Morgan fingerprint density at radius 1 is 1.39 bits per heavy atom. The number of rotatable bonds is 8. The third kappa shape index (κ3) is 5.65. The summed E-state index contributed by atoms with van der Waals surface area (Å²) < 4.78 is 13.0. The van der Waals surface area contributed by atoms with E-state index < -0.39 is 0 Å². The number of ether oxygens (including phenoxy) is 1. The predicted molar refractivity (Wildman–Crippen MR) is 131 cm³/mol. The van der Waals surface area contributed by atoms with Crippen LogP contribution in [0.2, 0.25) is 5.02 Å². The molecule has 2 aromatic heterocycles. The molecular formula is C23H28ClN5O3S. The maximum Gasteiger partial charge on any atom is 0.234 e. The van der Waals surface area contributed by atoms with Crippen LogP contribution < -0.4 is 15.0 Å². The molecule has 0 saturated carbocycles. The molecule has 33 heavy (non-hydrogen) atoms. The molecule has 1 saturated heterocycles. The number of aryl methyl sites for hydroxylation is 1. The number of piperidine rings is 1. The molecule has 1 amide bonds.